The van der Waals surface area contributed by atoms with Gasteiger partial charge in [0.2, 0.25) is 0 Å². The molecule has 0 aliphatic carbocycles. The van der Waals surface area contributed by atoms with Crippen molar-refractivity contribution in [2.45, 2.75) is 284 Å². The molecule has 0 rings (SSSR count). The van der Waals surface area contributed by atoms with Crippen LogP contribution in [0.3, 0.4) is 0 Å². The second-order valence-electron chi connectivity index (χ2n) is 20.4. The zero-order chi connectivity index (χ0) is 42.2. The Labute approximate surface area is 325 Å². The van der Waals surface area contributed by atoms with Gasteiger partial charge in [0.05, 0.1) is 58.5 Å². The van der Waals surface area contributed by atoms with Crippen molar-refractivity contribution in [1.82, 2.24) is 0 Å². The topological polar surface area (TPSA) is 46.2 Å². The fraction of sp³-hybridized carbons (Fsp3) is 1.00. The lowest BCUT2D eigenvalue weighted by Gasteiger charge is -2.29. The summed E-state index contributed by atoms with van der Waals surface area (Å²) in [6.45, 7) is 59.7. The standard InChI is InChI=1S/2C10H22O.2C9H20O.C8H18O/c1-8(2)7-9(3)11-10(4,5)6;1-7-9(8(2)3)11-10(4,5)6;1-7(2)8(3)10-9(4,5)6;1-6-8(7-2)10-9(3,4)5;1-6-7(2)9-8(3,4)5/h2*8-9H,7H2,1-6H3;7-8H,1-6H3;8H,6-7H2,1-5H3;7H,6H2,1-5H3. The van der Waals surface area contributed by atoms with Gasteiger partial charge >= 0.3 is 0 Å². The molecule has 0 spiro atoms. The maximum Gasteiger partial charge on any atom is 0.0602 e. The molecule has 0 aromatic carbocycles. The highest BCUT2D eigenvalue weighted by atomic mass is 16.5. The molecule has 0 saturated heterocycles. The fourth-order valence-corrected chi connectivity index (χ4v) is 4.80. The summed E-state index contributed by atoms with van der Waals surface area (Å²) in [7, 11) is 0. The first kappa shape index (κ1) is 60.1. The van der Waals surface area contributed by atoms with Crippen molar-refractivity contribution in [3.63, 3.8) is 0 Å². The summed E-state index contributed by atoms with van der Waals surface area (Å²) in [4.78, 5) is 0. The van der Waals surface area contributed by atoms with E-state index in [1.54, 1.807) is 0 Å². The Morgan fingerprint density at radius 1 is 0.353 bits per heavy atom. The molecule has 0 amide bonds. The molecule has 0 aliphatic rings. The summed E-state index contributed by atoms with van der Waals surface area (Å²) in [5.41, 5.74) is 0.0645. The van der Waals surface area contributed by atoms with E-state index < -0.39 is 0 Å². The van der Waals surface area contributed by atoms with Crippen LogP contribution in [0.4, 0.5) is 0 Å². The van der Waals surface area contributed by atoms with Crippen LogP contribution in [-0.4, -0.2) is 58.5 Å². The third-order valence-electron chi connectivity index (χ3n) is 7.05. The second-order valence-corrected chi connectivity index (χ2v) is 20.4. The molecule has 0 saturated carbocycles. The average molecular weight is 735 g/mol. The Hall–Kier alpha value is -0.200. The Balaban J connectivity index is -0.000000173. The van der Waals surface area contributed by atoms with Crippen LogP contribution in [0.2, 0.25) is 0 Å². The van der Waals surface area contributed by atoms with Crippen molar-refractivity contribution in [3.05, 3.63) is 0 Å². The van der Waals surface area contributed by atoms with E-state index in [4.69, 9.17) is 23.7 Å². The second kappa shape index (κ2) is 29.1. The molecule has 5 heteroatoms. The zero-order valence-corrected chi connectivity index (χ0v) is 40.7. The van der Waals surface area contributed by atoms with Crippen molar-refractivity contribution in [3.8, 4) is 0 Å². The molecule has 51 heavy (non-hydrogen) atoms. The minimum absolute atomic E-state index is 0.00366. The SMILES string of the molecule is CC(C)C(C)OC(C)(C)C.CC(C)CC(C)OC(C)(C)C.CCC(C)OC(C)(C)C.CCC(CC)OC(C)(C)C.CCC(OC(C)(C)C)C(C)C. The molecule has 4 unspecified atom stereocenters. The predicted octanol–water partition coefficient (Wildman–Crippen LogP) is 14.9. The first-order valence-corrected chi connectivity index (χ1v) is 20.8. The molecule has 0 radical (unpaired) electrons. The highest BCUT2D eigenvalue weighted by Gasteiger charge is 2.20. The number of rotatable bonds is 13. The number of hydrogen-bond acceptors (Lipinski definition) is 5. The van der Waals surface area contributed by atoms with Gasteiger partial charge < -0.3 is 23.7 Å². The lowest BCUT2D eigenvalue weighted by molar-refractivity contribution is -0.0802. The monoisotopic (exact) mass is 735 g/mol. The van der Waals surface area contributed by atoms with Gasteiger partial charge in [0.1, 0.15) is 0 Å². The molecular weight excluding hydrogens is 633 g/mol. The largest absolute Gasteiger partial charge is 0.373 e. The van der Waals surface area contributed by atoms with Gasteiger partial charge in [-0.25, -0.2) is 0 Å². The van der Waals surface area contributed by atoms with E-state index >= 15 is 0 Å². The lowest BCUT2D eigenvalue weighted by atomic mass is 10.0. The molecule has 0 N–H and O–H groups in total. The smallest absolute Gasteiger partial charge is 0.0602 e. The molecule has 4 atom stereocenters. The Morgan fingerprint density at radius 2 is 0.686 bits per heavy atom. The van der Waals surface area contributed by atoms with E-state index in [0.717, 1.165) is 38.0 Å². The first-order chi connectivity index (χ1) is 22.4. The molecular formula is C46H102O5. The van der Waals surface area contributed by atoms with Crippen LogP contribution in [-0.2, 0) is 23.7 Å². The van der Waals surface area contributed by atoms with Crippen LogP contribution in [0.1, 0.15) is 226 Å². The lowest BCUT2D eigenvalue weighted by Crippen LogP contribution is -2.30. The summed E-state index contributed by atoms with van der Waals surface area (Å²) in [6.07, 6.45) is 7.58. The summed E-state index contributed by atoms with van der Waals surface area (Å²) in [5.74, 6) is 1.96. The van der Waals surface area contributed by atoms with E-state index in [-0.39, 0.29) is 28.0 Å². The molecule has 0 aliphatic heterocycles. The van der Waals surface area contributed by atoms with Crippen LogP contribution in [0.25, 0.3) is 0 Å². The van der Waals surface area contributed by atoms with Crippen molar-refractivity contribution in [2.75, 3.05) is 0 Å². The van der Waals surface area contributed by atoms with Crippen LogP contribution in [0, 0.1) is 17.8 Å². The normalized spacial score (nSPS) is 15.1. The summed E-state index contributed by atoms with van der Waals surface area (Å²) in [5, 5.41) is 0. The van der Waals surface area contributed by atoms with Gasteiger partial charge in [-0.2, -0.15) is 0 Å². The maximum absolute atomic E-state index is 5.85. The van der Waals surface area contributed by atoms with Gasteiger partial charge in [-0.3, -0.25) is 0 Å². The Morgan fingerprint density at radius 3 is 0.824 bits per heavy atom. The molecule has 0 bridgehead atoms. The highest BCUT2D eigenvalue weighted by Crippen LogP contribution is 2.19. The van der Waals surface area contributed by atoms with Crippen molar-refractivity contribution in [1.29, 1.82) is 0 Å². The maximum atomic E-state index is 5.85. The third-order valence-corrected chi connectivity index (χ3v) is 7.05. The van der Waals surface area contributed by atoms with Crippen molar-refractivity contribution < 1.29 is 23.7 Å². The summed E-state index contributed by atoms with van der Waals surface area (Å²) in [6, 6.07) is 0. The molecule has 0 fully saturated rings. The van der Waals surface area contributed by atoms with E-state index in [0.29, 0.717) is 42.4 Å². The third kappa shape index (κ3) is 56.7. The molecule has 0 aromatic heterocycles. The molecule has 316 valence electrons. The highest BCUT2D eigenvalue weighted by molar-refractivity contribution is 4.68. The summed E-state index contributed by atoms with van der Waals surface area (Å²) >= 11 is 0. The minimum Gasteiger partial charge on any atom is -0.373 e. The van der Waals surface area contributed by atoms with E-state index in [2.05, 4.69) is 194 Å². The van der Waals surface area contributed by atoms with Crippen LogP contribution in [0.15, 0.2) is 0 Å². The Bertz CT molecular complexity index is 720. The van der Waals surface area contributed by atoms with Gasteiger partial charge in [-0.1, -0.05) is 69.2 Å². The van der Waals surface area contributed by atoms with Gasteiger partial charge in [0, 0.05) is 0 Å². The van der Waals surface area contributed by atoms with Crippen LogP contribution < -0.4 is 0 Å². The van der Waals surface area contributed by atoms with Gasteiger partial charge in [-0.05, 0) is 174 Å². The molecule has 0 aromatic rings. The van der Waals surface area contributed by atoms with Gasteiger partial charge in [0.15, 0.2) is 0 Å². The summed E-state index contributed by atoms with van der Waals surface area (Å²) < 4.78 is 28.6. The number of ether oxygens (including phenoxy) is 5. The van der Waals surface area contributed by atoms with E-state index in [9.17, 15) is 0 Å². The molecule has 0 heterocycles. The van der Waals surface area contributed by atoms with Crippen molar-refractivity contribution in [2.24, 2.45) is 17.8 Å². The quantitative estimate of drug-likeness (QED) is 0.188. The predicted molar refractivity (Wildman–Crippen MR) is 230 cm³/mol. The fourth-order valence-electron chi connectivity index (χ4n) is 4.80. The van der Waals surface area contributed by atoms with Gasteiger partial charge in [0.25, 0.3) is 0 Å². The first-order valence-electron chi connectivity index (χ1n) is 20.8. The number of hydrogen-bond donors (Lipinski definition) is 0. The molecule has 5 nitrogen and oxygen atoms in total. The minimum atomic E-state index is 0.00366. The van der Waals surface area contributed by atoms with Crippen LogP contribution >= 0.6 is 0 Å². The average Bonchev–Trinajstić information content (AvgIpc) is 2.87. The van der Waals surface area contributed by atoms with Crippen molar-refractivity contribution >= 4 is 0 Å². The van der Waals surface area contributed by atoms with E-state index in [1.165, 1.54) is 0 Å². The van der Waals surface area contributed by atoms with E-state index in [1.807, 2.05) is 0 Å². The zero-order valence-electron chi connectivity index (χ0n) is 40.7. The van der Waals surface area contributed by atoms with Crippen LogP contribution in [0.5, 0.6) is 0 Å². The Kier molecular flexibility index (Phi) is 34.3. The van der Waals surface area contributed by atoms with Gasteiger partial charge in [-0.15, -0.1) is 0 Å².